The molecule has 0 aromatic carbocycles. The Bertz CT molecular complexity index is 246. The van der Waals surface area contributed by atoms with Crippen LogP contribution in [-0.2, 0) is 0 Å². The lowest BCUT2D eigenvalue weighted by Crippen LogP contribution is -2.21. The van der Waals surface area contributed by atoms with Crippen molar-refractivity contribution in [2.45, 2.75) is 48.5 Å². The molecule has 0 aliphatic rings. The number of hydrogen-bond acceptors (Lipinski definition) is 2. The van der Waals surface area contributed by atoms with E-state index in [1.54, 1.807) is 0 Å². The summed E-state index contributed by atoms with van der Waals surface area (Å²) in [5, 5.41) is 3.85. The maximum Gasteiger partial charge on any atom is 0.0653 e. The quantitative estimate of drug-likeness (QED) is 0.390. The van der Waals surface area contributed by atoms with Crippen molar-refractivity contribution in [3.63, 3.8) is 0 Å². The minimum atomic E-state index is 0.0151. The second kappa shape index (κ2) is 4.16. The maximum atomic E-state index is 5.39. The van der Waals surface area contributed by atoms with Gasteiger partial charge in [-0.1, -0.05) is 47.1 Å². The van der Waals surface area contributed by atoms with Gasteiger partial charge in [0.05, 0.1) is 5.71 Å². The average Bonchev–Trinajstić information content (AvgIpc) is 1.95. The van der Waals surface area contributed by atoms with Gasteiger partial charge in [0.2, 0.25) is 0 Å². The summed E-state index contributed by atoms with van der Waals surface area (Å²) in [7, 11) is 0. The van der Waals surface area contributed by atoms with Crippen LogP contribution in [0.3, 0.4) is 0 Å². The number of hydrazone groups is 1. The van der Waals surface area contributed by atoms with E-state index in [2.05, 4.69) is 59.6 Å². The molecule has 0 heterocycles. The molecule has 0 fully saturated rings. The minimum absolute atomic E-state index is 0.0151. The highest BCUT2D eigenvalue weighted by Gasteiger charge is 2.20. The lowest BCUT2D eigenvalue weighted by molar-refractivity contribution is 0.503. The van der Waals surface area contributed by atoms with Crippen LogP contribution in [0.5, 0.6) is 0 Å². The first-order chi connectivity index (χ1) is 6.09. The molecule has 0 aromatic heterocycles. The zero-order valence-electron chi connectivity index (χ0n) is 10.6. The Labute approximate surface area is 88.3 Å². The third-order valence-corrected chi connectivity index (χ3v) is 2.44. The lowest BCUT2D eigenvalue weighted by atomic mass is 9.83. The summed E-state index contributed by atoms with van der Waals surface area (Å²) in [5.74, 6) is 5.39. The fourth-order valence-corrected chi connectivity index (χ4v) is 0.869. The van der Waals surface area contributed by atoms with Gasteiger partial charge in [-0.2, -0.15) is 5.10 Å². The van der Waals surface area contributed by atoms with E-state index in [1.165, 1.54) is 5.57 Å². The standard InChI is InChI=1S/C12H24N2/c1-9(11(2,3)4)8-10(14-13)12(5,6)7/h8H,13H2,1-7H3/b9-8+,14-10+. The molecule has 0 aliphatic carbocycles. The summed E-state index contributed by atoms with van der Waals surface area (Å²) >= 11 is 0. The van der Waals surface area contributed by atoms with Crippen molar-refractivity contribution in [3.05, 3.63) is 11.6 Å². The number of nitrogens with two attached hydrogens (primary N) is 1. The Morgan fingerprint density at radius 3 is 1.64 bits per heavy atom. The first-order valence-electron chi connectivity index (χ1n) is 5.06. The molecule has 0 atom stereocenters. The van der Waals surface area contributed by atoms with E-state index in [9.17, 15) is 0 Å². The SMILES string of the molecule is C/C(=C\C(=N/N)C(C)(C)C)C(C)(C)C. The van der Waals surface area contributed by atoms with Crippen LogP contribution in [-0.4, -0.2) is 5.71 Å². The van der Waals surface area contributed by atoms with Crippen LogP contribution in [0.4, 0.5) is 0 Å². The Balaban J connectivity index is 4.99. The Morgan fingerprint density at radius 2 is 1.43 bits per heavy atom. The van der Waals surface area contributed by atoms with E-state index >= 15 is 0 Å². The number of hydrogen-bond donors (Lipinski definition) is 1. The molecule has 82 valence electrons. The van der Waals surface area contributed by atoms with E-state index in [1.807, 2.05) is 0 Å². The molecular formula is C12H24N2. The van der Waals surface area contributed by atoms with Crippen molar-refractivity contribution < 1.29 is 0 Å². The fraction of sp³-hybridized carbons (Fsp3) is 0.750. The molecule has 2 nitrogen and oxygen atoms in total. The topological polar surface area (TPSA) is 38.4 Å². The molecule has 2 heteroatoms. The third-order valence-electron chi connectivity index (χ3n) is 2.44. The lowest BCUT2D eigenvalue weighted by Gasteiger charge is -2.23. The molecule has 0 saturated heterocycles. The Hall–Kier alpha value is -0.790. The molecule has 0 radical (unpaired) electrons. The number of rotatable bonds is 1. The van der Waals surface area contributed by atoms with Gasteiger partial charge in [0.1, 0.15) is 0 Å². The molecular weight excluding hydrogens is 172 g/mol. The molecule has 0 aromatic rings. The summed E-state index contributed by atoms with van der Waals surface area (Å²) < 4.78 is 0. The van der Waals surface area contributed by atoms with Gasteiger partial charge >= 0.3 is 0 Å². The largest absolute Gasteiger partial charge is 0.323 e. The van der Waals surface area contributed by atoms with Crippen molar-refractivity contribution >= 4 is 5.71 Å². The molecule has 0 aliphatic heterocycles. The van der Waals surface area contributed by atoms with E-state index < -0.39 is 0 Å². The molecule has 0 amide bonds. The van der Waals surface area contributed by atoms with Gasteiger partial charge in [0.15, 0.2) is 0 Å². The van der Waals surface area contributed by atoms with Gasteiger partial charge < -0.3 is 5.84 Å². The average molecular weight is 196 g/mol. The molecule has 0 bridgehead atoms. The predicted molar refractivity (Wildman–Crippen MR) is 64.3 cm³/mol. The molecule has 2 N–H and O–H groups in total. The van der Waals surface area contributed by atoms with Crippen LogP contribution < -0.4 is 5.84 Å². The molecule has 0 rings (SSSR count). The molecule has 14 heavy (non-hydrogen) atoms. The summed E-state index contributed by atoms with van der Waals surface area (Å²) in [5.41, 5.74) is 2.45. The first kappa shape index (κ1) is 13.2. The highest BCUT2D eigenvalue weighted by atomic mass is 15.1. The molecule has 0 unspecified atom stereocenters. The normalized spacial score (nSPS) is 15.9. The van der Waals surface area contributed by atoms with Crippen LogP contribution in [0.25, 0.3) is 0 Å². The van der Waals surface area contributed by atoms with E-state index in [0.29, 0.717) is 0 Å². The third kappa shape index (κ3) is 3.95. The van der Waals surface area contributed by atoms with Gasteiger partial charge in [-0.3, -0.25) is 0 Å². The van der Waals surface area contributed by atoms with Crippen LogP contribution in [0, 0.1) is 10.8 Å². The first-order valence-corrected chi connectivity index (χ1v) is 5.06. The Morgan fingerprint density at radius 1 is 1.00 bits per heavy atom. The van der Waals surface area contributed by atoms with Crippen molar-refractivity contribution in [3.8, 4) is 0 Å². The van der Waals surface area contributed by atoms with Crippen LogP contribution >= 0.6 is 0 Å². The van der Waals surface area contributed by atoms with Crippen molar-refractivity contribution in [2.24, 2.45) is 21.8 Å². The minimum Gasteiger partial charge on any atom is -0.323 e. The summed E-state index contributed by atoms with van der Waals surface area (Å²) in [4.78, 5) is 0. The summed E-state index contributed by atoms with van der Waals surface area (Å²) in [6.07, 6.45) is 2.10. The second-order valence-corrected chi connectivity index (χ2v) is 5.84. The number of nitrogens with zero attached hydrogens (tertiary/aromatic N) is 1. The van der Waals surface area contributed by atoms with Gasteiger partial charge in [0.25, 0.3) is 0 Å². The highest BCUT2D eigenvalue weighted by Crippen LogP contribution is 2.26. The zero-order chi connectivity index (χ0) is 11.6. The number of allylic oxidation sites excluding steroid dienone is 2. The zero-order valence-corrected chi connectivity index (χ0v) is 10.6. The fourth-order valence-electron chi connectivity index (χ4n) is 0.869. The van der Waals surface area contributed by atoms with Crippen LogP contribution in [0.15, 0.2) is 16.8 Å². The van der Waals surface area contributed by atoms with Gasteiger partial charge in [-0.05, 0) is 18.4 Å². The Kier molecular flexibility index (Phi) is 3.92. The van der Waals surface area contributed by atoms with E-state index in [-0.39, 0.29) is 10.8 Å². The van der Waals surface area contributed by atoms with Crippen molar-refractivity contribution in [2.75, 3.05) is 0 Å². The van der Waals surface area contributed by atoms with E-state index in [0.717, 1.165) is 5.71 Å². The van der Waals surface area contributed by atoms with Gasteiger partial charge in [-0.15, -0.1) is 0 Å². The van der Waals surface area contributed by atoms with Crippen molar-refractivity contribution in [1.29, 1.82) is 0 Å². The van der Waals surface area contributed by atoms with Crippen LogP contribution in [0.2, 0.25) is 0 Å². The smallest absolute Gasteiger partial charge is 0.0653 e. The monoisotopic (exact) mass is 196 g/mol. The van der Waals surface area contributed by atoms with Gasteiger partial charge in [0, 0.05) is 5.41 Å². The maximum absolute atomic E-state index is 5.39. The molecule has 0 spiro atoms. The van der Waals surface area contributed by atoms with Crippen LogP contribution in [0.1, 0.15) is 48.5 Å². The second-order valence-electron chi connectivity index (χ2n) is 5.84. The van der Waals surface area contributed by atoms with Crippen molar-refractivity contribution in [1.82, 2.24) is 0 Å². The predicted octanol–water partition coefficient (Wildman–Crippen LogP) is 3.34. The summed E-state index contributed by atoms with van der Waals surface area (Å²) in [6.45, 7) is 15.0. The van der Waals surface area contributed by atoms with Gasteiger partial charge in [-0.25, -0.2) is 0 Å². The highest BCUT2D eigenvalue weighted by molar-refractivity contribution is 5.99. The van der Waals surface area contributed by atoms with E-state index in [4.69, 9.17) is 5.84 Å². The molecule has 0 saturated carbocycles. The summed E-state index contributed by atoms with van der Waals surface area (Å²) in [6, 6.07) is 0.